The lowest BCUT2D eigenvalue weighted by Gasteiger charge is -2.46. The number of aliphatic hydroxyl groups excluding tert-OH is 1. The minimum atomic E-state index is -0.357. The van der Waals surface area contributed by atoms with Crippen molar-refractivity contribution >= 4 is 5.82 Å². The summed E-state index contributed by atoms with van der Waals surface area (Å²) in [6, 6.07) is 3.79. The molecule has 1 unspecified atom stereocenters. The minimum absolute atomic E-state index is 0.0870. The van der Waals surface area contributed by atoms with Crippen LogP contribution in [0.3, 0.4) is 0 Å². The number of aliphatic hydroxyl groups is 1. The van der Waals surface area contributed by atoms with Gasteiger partial charge in [0.25, 0.3) is 0 Å². The van der Waals surface area contributed by atoms with Crippen LogP contribution in [0, 0.1) is 0 Å². The standard InChI is InChI=1S/C15H25N3O/c1-18(2)15(7-4-3-5-8-15)13(19)10-12-6-9-17-14(16)11-12/h6,9,11,13,19H,3-5,7-8,10H2,1-2H3,(H2,16,17). The molecular weight excluding hydrogens is 238 g/mol. The van der Waals surface area contributed by atoms with Gasteiger partial charge in [0.1, 0.15) is 5.82 Å². The fourth-order valence-electron chi connectivity index (χ4n) is 3.28. The summed E-state index contributed by atoms with van der Waals surface area (Å²) in [7, 11) is 4.16. The molecule has 19 heavy (non-hydrogen) atoms. The molecule has 0 aliphatic heterocycles. The van der Waals surface area contributed by atoms with Crippen molar-refractivity contribution in [2.45, 2.75) is 50.2 Å². The Morgan fingerprint density at radius 3 is 2.63 bits per heavy atom. The zero-order valence-corrected chi connectivity index (χ0v) is 12.0. The first-order valence-electron chi connectivity index (χ1n) is 7.10. The van der Waals surface area contributed by atoms with Gasteiger partial charge >= 0.3 is 0 Å². The van der Waals surface area contributed by atoms with Crippen molar-refractivity contribution in [3.05, 3.63) is 23.9 Å². The third kappa shape index (κ3) is 3.07. The van der Waals surface area contributed by atoms with Crippen molar-refractivity contribution in [1.82, 2.24) is 9.88 Å². The number of rotatable bonds is 4. The lowest BCUT2D eigenvalue weighted by molar-refractivity contribution is -0.0310. The van der Waals surface area contributed by atoms with Crippen LogP contribution in [-0.4, -0.2) is 40.7 Å². The second-order valence-corrected chi connectivity index (χ2v) is 5.87. The Kier molecular flexibility index (Phi) is 4.42. The van der Waals surface area contributed by atoms with E-state index in [-0.39, 0.29) is 11.6 Å². The monoisotopic (exact) mass is 263 g/mol. The highest BCUT2D eigenvalue weighted by molar-refractivity contribution is 5.32. The molecule has 1 aliphatic carbocycles. The Hall–Kier alpha value is -1.13. The van der Waals surface area contributed by atoms with Crippen LogP contribution in [0.2, 0.25) is 0 Å². The molecule has 4 heteroatoms. The van der Waals surface area contributed by atoms with Gasteiger partial charge in [0.15, 0.2) is 0 Å². The van der Waals surface area contributed by atoms with Crippen molar-refractivity contribution in [1.29, 1.82) is 0 Å². The van der Waals surface area contributed by atoms with Crippen molar-refractivity contribution in [2.24, 2.45) is 0 Å². The normalized spacial score (nSPS) is 20.4. The van der Waals surface area contributed by atoms with Crippen LogP contribution in [-0.2, 0) is 6.42 Å². The quantitative estimate of drug-likeness (QED) is 0.870. The molecule has 1 aromatic heterocycles. The van der Waals surface area contributed by atoms with Crippen LogP contribution in [0.4, 0.5) is 5.82 Å². The average molecular weight is 263 g/mol. The summed E-state index contributed by atoms with van der Waals surface area (Å²) in [4.78, 5) is 6.21. The molecule has 0 aromatic carbocycles. The van der Waals surface area contributed by atoms with E-state index < -0.39 is 0 Å². The van der Waals surface area contributed by atoms with Crippen LogP contribution in [0.5, 0.6) is 0 Å². The highest BCUT2D eigenvalue weighted by atomic mass is 16.3. The van der Waals surface area contributed by atoms with E-state index in [4.69, 9.17) is 5.73 Å². The molecule has 2 rings (SSSR count). The van der Waals surface area contributed by atoms with E-state index in [1.165, 1.54) is 19.3 Å². The number of nitrogen functional groups attached to an aromatic ring is 1. The number of hydrogen-bond donors (Lipinski definition) is 2. The molecule has 1 heterocycles. The van der Waals surface area contributed by atoms with E-state index in [2.05, 4.69) is 24.0 Å². The molecule has 0 saturated heterocycles. The summed E-state index contributed by atoms with van der Waals surface area (Å²) < 4.78 is 0. The number of nitrogens with zero attached hydrogens (tertiary/aromatic N) is 2. The van der Waals surface area contributed by atoms with Crippen LogP contribution in [0.15, 0.2) is 18.3 Å². The lowest BCUT2D eigenvalue weighted by atomic mass is 9.75. The summed E-state index contributed by atoms with van der Waals surface area (Å²) in [6.07, 6.45) is 7.82. The highest BCUT2D eigenvalue weighted by Gasteiger charge is 2.40. The number of pyridine rings is 1. The van der Waals surface area contributed by atoms with Gasteiger partial charge in [-0.05, 0) is 44.6 Å². The first-order valence-corrected chi connectivity index (χ1v) is 7.10. The summed E-state index contributed by atoms with van der Waals surface area (Å²) in [5, 5.41) is 10.7. The maximum atomic E-state index is 10.7. The average Bonchev–Trinajstić information content (AvgIpc) is 2.39. The zero-order valence-electron chi connectivity index (χ0n) is 12.0. The van der Waals surface area contributed by atoms with Gasteiger partial charge in [0.2, 0.25) is 0 Å². The van der Waals surface area contributed by atoms with Gasteiger partial charge in [-0.15, -0.1) is 0 Å². The molecule has 1 saturated carbocycles. The van der Waals surface area contributed by atoms with Crippen LogP contribution < -0.4 is 5.73 Å². The van der Waals surface area contributed by atoms with Crippen molar-refractivity contribution in [2.75, 3.05) is 19.8 Å². The van der Waals surface area contributed by atoms with E-state index >= 15 is 0 Å². The van der Waals surface area contributed by atoms with Gasteiger partial charge in [-0.1, -0.05) is 19.3 Å². The molecule has 0 radical (unpaired) electrons. The van der Waals surface area contributed by atoms with Gasteiger partial charge in [-0.25, -0.2) is 4.98 Å². The molecule has 4 nitrogen and oxygen atoms in total. The van der Waals surface area contributed by atoms with Crippen molar-refractivity contribution in [3.63, 3.8) is 0 Å². The van der Waals surface area contributed by atoms with E-state index in [0.29, 0.717) is 12.2 Å². The first-order chi connectivity index (χ1) is 9.04. The molecule has 1 atom stereocenters. The molecule has 106 valence electrons. The Morgan fingerprint density at radius 1 is 1.37 bits per heavy atom. The summed E-state index contributed by atoms with van der Waals surface area (Å²) in [5.74, 6) is 0.521. The van der Waals surface area contributed by atoms with E-state index in [0.717, 1.165) is 18.4 Å². The summed E-state index contributed by atoms with van der Waals surface area (Å²) >= 11 is 0. The van der Waals surface area contributed by atoms with Crippen molar-refractivity contribution < 1.29 is 5.11 Å². The molecule has 3 N–H and O–H groups in total. The molecular formula is C15H25N3O. The third-order valence-electron chi connectivity index (χ3n) is 4.50. The second kappa shape index (κ2) is 5.88. The van der Waals surface area contributed by atoms with E-state index in [1.807, 2.05) is 12.1 Å². The fourth-order valence-corrected chi connectivity index (χ4v) is 3.28. The van der Waals surface area contributed by atoms with E-state index in [1.54, 1.807) is 6.20 Å². The predicted octanol–water partition coefficient (Wildman–Crippen LogP) is 1.83. The van der Waals surface area contributed by atoms with Crippen molar-refractivity contribution in [3.8, 4) is 0 Å². The first kappa shape index (κ1) is 14.3. The third-order valence-corrected chi connectivity index (χ3v) is 4.50. The molecule has 1 fully saturated rings. The highest BCUT2D eigenvalue weighted by Crippen LogP contribution is 2.36. The lowest BCUT2D eigenvalue weighted by Crippen LogP contribution is -2.55. The Morgan fingerprint density at radius 2 is 2.05 bits per heavy atom. The summed E-state index contributed by atoms with van der Waals surface area (Å²) in [5.41, 5.74) is 6.68. The molecule has 0 bridgehead atoms. The fraction of sp³-hybridized carbons (Fsp3) is 0.667. The second-order valence-electron chi connectivity index (χ2n) is 5.87. The number of hydrogen-bond acceptors (Lipinski definition) is 4. The Balaban J connectivity index is 2.13. The van der Waals surface area contributed by atoms with E-state index in [9.17, 15) is 5.11 Å². The van der Waals surface area contributed by atoms with Gasteiger partial charge in [0.05, 0.1) is 6.10 Å². The molecule has 1 aromatic rings. The van der Waals surface area contributed by atoms with Crippen LogP contribution in [0.25, 0.3) is 0 Å². The zero-order chi connectivity index (χ0) is 13.9. The van der Waals surface area contributed by atoms with Crippen LogP contribution >= 0.6 is 0 Å². The maximum Gasteiger partial charge on any atom is 0.123 e. The SMILES string of the molecule is CN(C)C1(C(O)Cc2ccnc(N)c2)CCCCC1. The summed E-state index contributed by atoms with van der Waals surface area (Å²) in [6.45, 7) is 0. The Bertz CT molecular complexity index is 414. The molecule has 1 aliphatic rings. The van der Waals surface area contributed by atoms with Gasteiger partial charge in [-0.2, -0.15) is 0 Å². The topological polar surface area (TPSA) is 62.4 Å². The number of likely N-dealkylation sites (N-methyl/N-ethyl adjacent to an activating group) is 1. The number of nitrogens with two attached hydrogens (primary N) is 1. The number of aromatic nitrogens is 1. The largest absolute Gasteiger partial charge is 0.391 e. The van der Waals surface area contributed by atoms with Gasteiger partial charge < -0.3 is 15.7 Å². The smallest absolute Gasteiger partial charge is 0.123 e. The Labute approximate surface area is 115 Å². The van der Waals surface area contributed by atoms with Gasteiger partial charge in [-0.3, -0.25) is 0 Å². The molecule has 0 amide bonds. The van der Waals surface area contributed by atoms with Crippen LogP contribution in [0.1, 0.15) is 37.7 Å². The molecule has 0 spiro atoms. The predicted molar refractivity (Wildman–Crippen MR) is 77.9 cm³/mol. The maximum absolute atomic E-state index is 10.7. The number of anilines is 1. The minimum Gasteiger partial charge on any atom is -0.391 e. The van der Waals surface area contributed by atoms with Gasteiger partial charge in [0, 0.05) is 18.2 Å².